The molecule has 2 aromatic carbocycles. The van der Waals surface area contributed by atoms with Gasteiger partial charge in [-0.1, -0.05) is 12.1 Å². The third kappa shape index (κ3) is 4.78. The molecule has 0 spiro atoms. The fourth-order valence-electron chi connectivity index (χ4n) is 2.36. The number of ether oxygens (including phenoxy) is 1. The Morgan fingerprint density at radius 3 is 2.50 bits per heavy atom. The van der Waals surface area contributed by atoms with Crippen LogP contribution in [0.4, 0.5) is 5.69 Å². The Balaban J connectivity index is 2.13. The van der Waals surface area contributed by atoms with Crippen molar-refractivity contribution in [3.05, 3.63) is 48.0 Å². The van der Waals surface area contributed by atoms with Crippen molar-refractivity contribution in [3.8, 4) is 5.75 Å². The van der Waals surface area contributed by atoms with E-state index in [9.17, 15) is 13.2 Å². The number of benzene rings is 2. The number of carbonyl (C=O) groups excluding carboxylic acids is 1. The van der Waals surface area contributed by atoms with E-state index in [1.165, 1.54) is 37.9 Å². The molecule has 2 N–H and O–H groups in total. The third-order valence-corrected chi connectivity index (χ3v) is 6.10. The van der Waals surface area contributed by atoms with Crippen LogP contribution in [0.15, 0.2) is 52.3 Å². The van der Waals surface area contributed by atoms with Crippen molar-refractivity contribution in [1.29, 1.82) is 0 Å². The Morgan fingerprint density at radius 2 is 1.88 bits per heavy atom. The minimum atomic E-state index is -3.83. The van der Waals surface area contributed by atoms with Gasteiger partial charge in [0.15, 0.2) is 0 Å². The van der Waals surface area contributed by atoms with Gasteiger partial charge in [0.2, 0.25) is 15.9 Å². The van der Waals surface area contributed by atoms with E-state index in [2.05, 4.69) is 10.0 Å². The molecular formula is C18H22N2O4S2. The summed E-state index contributed by atoms with van der Waals surface area (Å²) in [5.74, 6) is 0.170. The largest absolute Gasteiger partial charge is 0.496 e. The number of carbonyl (C=O) groups is 1. The highest BCUT2D eigenvalue weighted by atomic mass is 32.2. The Bertz CT molecular complexity index is 898. The van der Waals surface area contributed by atoms with Gasteiger partial charge in [0, 0.05) is 4.90 Å². The van der Waals surface area contributed by atoms with Crippen LogP contribution in [0.1, 0.15) is 12.5 Å². The first kappa shape index (κ1) is 20.3. The molecule has 0 aromatic heterocycles. The van der Waals surface area contributed by atoms with E-state index in [-0.39, 0.29) is 4.90 Å². The highest BCUT2D eigenvalue weighted by Gasteiger charge is 2.23. The second kappa shape index (κ2) is 8.57. The maximum Gasteiger partial charge on any atom is 0.242 e. The number of hydrogen-bond acceptors (Lipinski definition) is 5. The number of sulfonamides is 1. The monoisotopic (exact) mass is 394 g/mol. The SMILES string of the molecule is COc1ccc(S(=O)(=O)N[C@@H](C)C(=O)Nc2ccccc2SC)cc1C. The van der Waals surface area contributed by atoms with Crippen LogP contribution >= 0.6 is 11.8 Å². The summed E-state index contributed by atoms with van der Waals surface area (Å²) in [5, 5.41) is 2.76. The number of para-hydroxylation sites is 1. The molecule has 140 valence electrons. The summed E-state index contributed by atoms with van der Waals surface area (Å²) in [7, 11) is -2.31. The van der Waals surface area contributed by atoms with Crippen LogP contribution in [0, 0.1) is 6.92 Å². The van der Waals surface area contributed by atoms with Crippen LogP contribution in [0.5, 0.6) is 5.75 Å². The Labute approximate surface area is 158 Å². The number of thioether (sulfide) groups is 1. The van der Waals surface area contributed by atoms with Crippen LogP contribution in [0.2, 0.25) is 0 Å². The number of nitrogens with one attached hydrogen (secondary N) is 2. The van der Waals surface area contributed by atoms with E-state index in [1.807, 2.05) is 24.5 Å². The predicted octanol–water partition coefficient (Wildman–Crippen LogP) is 3.03. The van der Waals surface area contributed by atoms with E-state index in [1.54, 1.807) is 19.1 Å². The van der Waals surface area contributed by atoms with Gasteiger partial charge in [-0.3, -0.25) is 4.79 Å². The Morgan fingerprint density at radius 1 is 1.19 bits per heavy atom. The lowest BCUT2D eigenvalue weighted by Gasteiger charge is -2.16. The molecule has 2 rings (SSSR count). The predicted molar refractivity (Wildman–Crippen MR) is 104 cm³/mol. The average molecular weight is 395 g/mol. The molecule has 0 saturated heterocycles. The topological polar surface area (TPSA) is 84.5 Å². The van der Waals surface area contributed by atoms with Gasteiger partial charge in [-0.05, 0) is 56.0 Å². The third-order valence-electron chi connectivity index (χ3n) is 3.77. The van der Waals surface area contributed by atoms with Gasteiger partial charge < -0.3 is 10.1 Å². The zero-order valence-corrected chi connectivity index (χ0v) is 16.7. The quantitative estimate of drug-likeness (QED) is 0.705. The van der Waals surface area contributed by atoms with Gasteiger partial charge in [0.05, 0.1) is 23.7 Å². The van der Waals surface area contributed by atoms with Crippen molar-refractivity contribution < 1.29 is 17.9 Å². The number of anilines is 1. The zero-order chi connectivity index (χ0) is 19.3. The van der Waals surface area contributed by atoms with E-state index < -0.39 is 22.0 Å². The van der Waals surface area contributed by atoms with E-state index >= 15 is 0 Å². The van der Waals surface area contributed by atoms with Crippen molar-refractivity contribution in [3.63, 3.8) is 0 Å². The summed E-state index contributed by atoms with van der Waals surface area (Å²) in [4.78, 5) is 13.4. The number of amides is 1. The normalized spacial score (nSPS) is 12.5. The first-order chi connectivity index (χ1) is 12.3. The fourth-order valence-corrected chi connectivity index (χ4v) is 4.20. The fraction of sp³-hybridized carbons (Fsp3) is 0.278. The molecule has 0 fully saturated rings. The van der Waals surface area contributed by atoms with E-state index in [4.69, 9.17) is 4.74 Å². The van der Waals surface area contributed by atoms with Gasteiger partial charge >= 0.3 is 0 Å². The standard InChI is InChI=1S/C18H22N2O4S2/c1-12-11-14(9-10-16(12)24-3)26(22,23)20-13(2)18(21)19-15-7-5-6-8-17(15)25-4/h5-11,13,20H,1-4H3,(H,19,21)/t13-/m0/s1. The molecular weight excluding hydrogens is 372 g/mol. The zero-order valence-electron chi connectivity index (χ0n) is 15.1. The van der Waals surface area contributed by atoms with E-state index in [0.717, 1.165) is 4.90 Å². The molecule has 0 unspecified atom stereocenters. The highest BCUT2D eigenvalue weighted by Crippen LogP contribution is 2.25. The van der Waals surface area contributed by atoms with E-state index in [0.29, 0.717) is 17.0 Å². The molecule has 0 saturated carbocycles. The van der Waals surface area contributed by atoms with Gasteiger partial charge in [-0.2, -0.15) is 4.72 Å². The van der Waals surface area contributed by atoms with Gasteiger partial charge in [0.25, 0.3) is 0 Å². The number of methoxy groups -OCH3 is 1. The second-order valence-electron chi connectivity index (χ2n) is 5.66. The van der Waals surface area contributed by atoms with Crippen molar-refractivity contribution in [2.45, 2.75) is 29.7 Å². The van der Waals surface area contributed by atoms with Crippen molar-refractivity contribution in [2.75, 3.05) is 18.7 Å². The lowest BCUT2D eigenvalue weighted by molar-refractivity contribution is -0.117. The van der Waals surface area contributed by atoms with Crippen LogP contribution < -0.4 is 14.8 Å². The van der Waals surface area contributed by atoms with Crippen LogP contribution in [-0.4, -0.2) is 33.7 Å². The maximum atomic E-state index is 12.5. The summed E-state index contributed by atoms with van der Waals surface area (Å²) in [6, 6.07) is 11.0. The highest BCUT2D eigenvalue weighted by molar-refractivity contribution is 7.98. The molecule has 0 bridgehead atoms. The van der Waals surface area contributed by atoms with Crippen molar-refractivity contribution >= 4 is 33.4 Å². The molecule has 0 aliphatic carbocycles. The molecule has 8 heteroatoms. The van der Waals surface area contributed by atoms with Crippen LogP contribution in [0.3, 0.4) is 0 Å². The summed E-state index contributed by atoms with van der Waals surface area (Å²) in [6.45, 7) is 3.26. The second-order valence-corrected chi connectivity index (χ2v) is 8.23. The smallest absolute Gasteiger partial charge is 0.242 e. The lowest BCUT2D eigenvalue weighted by Crippen LogP contribution is -2.41. The molecule has 0 aliphatic rings. The summed E-state index contributed by atoms with van der Waals surface area (Å²) in [5.41, 5.74) is 1.35. The molecule has 0 aliphatic heterocycles. The van der Waals surface area contributed by atoms with Crippen LogP contribution in [0.25, 0.3) is 0 Å². The van der Waals surface area contributed by atoms with Gasteiger partial charge in [0.1, 0.15) is 5.75 Å². The van der Waals surface area contributed by atoms with Crippen molar-refractivity contribution in [1.82, 2.24) is 4.72 Å². The summed E-state index contributed by atoms with van der Waals surface area (Å²) < 4.78 is 32.6. The molecule has 0 radical (unpaired) electrons. The molecule has 26 heavy (non-hydrogen) atoms. The van der Waals surface area contributed by atoms with Gasteiger partial charge in [-0.25, -0.2) is 8.42 Å². The molecule has 6 nitrogen and oxygen atoms in total. The number of hydrogen-bond donors (Lipinski definition) is 2. The summed E-state index contributed by atoms with van der Waals surface area (Å²) >= 11 is 1.50. The number of rotatable bonds is 7. The molecule has 0 heterocycles. The molecule has 1 atom stereocenters. The lowest BCUT2D eigenvalue weighted by atomic mass is 10.2. The Hall–Kier alpha value is -2.03. The average Bonchev–Trinajstić information content (AvgIpc) is 2.61. The van der Waals surface area contributed by atoms with Crippen LogP contribution in [-0.2, 0) is 14.8 Å². The molecule has 1 amide bonds. The minimum absolute atomic E-state index is 0.0833. The van der Waals surface area contributed by atoms with Gasteiger partial charge in [-0.15, -0.1) is 11.8 Å². The molecule has 2 aromatic rings. The maximum absolute atomic E-state index is 12.5. The first-order valence-electron chi connectivity index (χ1n) is 7.89. The van der Waals surface area contributed by atoms with Crippen molar-refractivity contribution in [2.24, 2.45) is 0 Å². The minimum Gasteiger partial charge on any atom is -0.496 e. The Kier molecular flexibility index (Phi) is 6.69. The number of aryl methyl sites for hydroxylation is 1. The first-order valence-corrected chi connectivity index (χ1v) is 10.6. The summed E-state index contributed by atoms with van der Waals surface area (Å²) in [6.07, 6.45) is 1.91.